The number of carboxylic acid groups (broad SMARTS) is 1. The van der Waals surface area contributed by atoms with E-state index >= 15 is 0 Å². The Morgan fingerprint density at radius 1 is 1.59 bits per heavy atom. The van der Waals surface area contributed by atoms with Gasteiger partial charge in [-0.15, -0.1) is 0 Å². The van der Waals surface area contributed by atoms with Crippen LogP contribution in [0.5, 0.6) is 0 Å². The van der Waals surface area contributed by atoms with Gasteiger partial charge in [-0.25, -0.2) is 0 Å². The van der Waals surface area contributed by atoms with Crippen molar-refractivity contribution < 1.29 is 25.2 Å². The first kappa shape index (κ1) is 13.4. The Bertz CT molecular complexity index is 319. The van der Waals surface area contributed by atoms with Crippen LogP contribution in [0.1, 0.15) is 25.7 Å². The number of carbonyl (C=O) groups is 3. The average Bonchev–Trinajstić information content (AvgIpc) is 2.29. The molecule has 17 heavy (non-hydrogen) atoms. The van der Waals surface area contributed by atoms with E-state index in [1.165, 1.54) is 0 Å². The van der Waals surface area contributed by atoms with Gasteiger partial charge in [-0.2, -0.15) is 0 Å². The Labute approximate surface area is 98.7 Å². The fourth-order valence-corrected chi connectivity index (χ4v) is 1.60. The molecule has 1 aliphatic heterocycles. The van der Waals surface area contributed by atoms with Crippen molar-refractivity contribution in [3.8, 4) is 0 Å². The molecule has 0 saturated carbocycles. The number of piperidine rings is 1. The molecule has 7 heteroatoms. The minimum Gasteiger partial charge on any atom is -0.544 e. The highest BCUT2D eigenvalue weighted by Gasteiger charge is 2.23. The van der Waals surface area contributed by atoms with Crippen LogP contribution >= 0.6 is 0 Å². The van der Waals surface area contributed by atoms with Crippen LogP contribution in [-0.4, -0.2) is 36.4 Å². The molecule has 7 nitrogen and oxygen atoms in total. The molecule has 0 spiro atoms. The predicted molar refractivity (Wildman–Crippen MR) is 55.1 cm³/mol. The molecule has 0 aliphatic carbocycles. The van der Waals surface area contributed by atoms with Crippen LogP contribution in [-0.2, 0) is 14.4 Å². The zero-order valence-corrected chi connectivity index (χ0v) is 9.53. The van der Waals surface area contributed by atoms with Gasteiger partial charge < -0.3 is 26.3 Å². The summed E-state index contributed by atoms with van der Waals surface area (Å²) in [6, 6.07) is -1.40. The summed E-state index contributed by atoms with van der Waals surface area (Å²) in [4.78, 5) is 33.2. The Morgan fingerprint density at radius 2 is 2.29 bits per heavy atom. The number of rotatable bonds is 5. The van der Waals surface area contributed by atoms with Crippen LogP contribution < -0.4 is 21.5 Å². The first-order chi connectivity index (χ1) is 8.00. The zero-order chi connectivity index (χ0) is 12.8. The number of hydrogen-bond donors (Lipinski definition) is 3. The second-order valence-electron chi connectivity index (χ2n) is 4.11. The van der Waals surface area contributed by atoms with Crippen molar-refractivity contribution in [2.24, 2.45) is 0 Å². The van der Waals surface area contributed by atoms with Crippen molar-refractivity contribution >= 4 is 17.8 Å². The summed E-state index contributed by atoms with van der Waals surface area (Å²) < 4.78 is 0. The molecule has 0 aromatic carbocycles. The van der Waals surface area contributed by atoms with Gasteiger partial charge in [-0.3, -0.25) is 9.59 Å². The van der Waals surface area contributed by atoms with Crippen LogP contribution in [0.2, 0.25) is 0 Å². The maximum atomic E-state index is 11.5. The van der Waals surface area contributed by atoms with Gasteiger partial charge in [0.15, 0.2) is 0 Å². The van der Waals surface area contributed by atoms with Gasteiger partial charge in [0.1, 0.15) is 12.1 Å². The quantitative estimate of drug-likeness (QED) is 0.463. The first-order valence-electron chi connectivity index (χ1n) is 5.61. The molecule has 5 N–H and O–H groups in total. The molecule has 0 aromatic heterocycles. The molecule has 1 aliphatic rings. The Morgan fingerprint density at radius 3 is 2.88 bits per heavy atom. The van der Waals surface area contributed by atoms with Gasteiger partial charge in [0.25, 0.3) is 0 Å². The van der Waals surface area contributed by atoms with E-state index in [1.54, 1.807) is 0 Å². The number of quaternary nitrogens is 1. The Balaban J connectivity index is 2.29. The summed E-state index contributed by atoms with van der Waals surface area (Å²) in [6.07, 6.45) is 1.59. The summed E-state index contributed by atoms with van der Waals surface area (Å²) in [5.74, 6) is -1.79. The van der Waals surface area contributed by atoms with Crippen molar-refractivity contribution in [1.82, 2.24) is 10.6 Å². The molecule has 1 saturated heterocycles. The van der Waals surface area contributed by atoms with E-state index in [0.29, 0.717) is 13.0 Å². The minimum absolute atomic E-state index is 0.0337. The van der Waals surface area contributed by atoms with Crippen LogP contribution in [0.3, 0.4) is 0 Å². The van der Waals surface area contributed by atoms with Gasteiger partial charge in [0.05, 0.1) is 5.97 Å². The third-order valence-corrected chi connectivity index (χ3v) is 2.67. The van der Waals surface area contributed by atoms with Crippen molar-refractivity contribution in [3.63, 3.8) is 0 Å². The molecule has 0 aromatic rings. The Kier molecular flexibility index (Phi) is 4.89. The standard InChI is InChI=1S/C10H17N3O4/c11-6(10(16)17)3-4-8(14)13-7-2-1-5-12-9(7)15/h6-7H,1-5,11H2,(H,12,15)(H,13,14)(H,16,17)/t6-,7-/m0/s1. The number of carboxylic acids is 1. The van der Waals surface area contributed by atoms with Gasteiger partial charge in [0.2, 0.25) is 11.8 Å². The summed E-state index contributed by atoms with van der Waals surface area (Å²) >= 11 is 0. The van der Waals surface area contributed by atoms with Gasteiger partial charge in [-0.05, 0) is 12.8 Å². The SMILES string of the molecule is [NH3+][C@@H](CCC(=O)N[C@H]1CCCNC1=O)C(=O)[O-]. The number of amides is 2. The third-order valence-electron chi connectivity index (χ3n) is 2.67. The van der Waals surface area contributed by atoms with Gasteiger partial charge in [0, 0.05) is 19.4 Å². The van der Waals surface area contributed by atoms with E-state index in [4.69, 9.17) is 0 Å². The molecule has 1 fully saturated rings. The normalized spacial score (nSPS) is 21.5. The third kappa shape index (κ3) is 4.39. The lowest BCUT2D eigenvalue weighted by Crippen LogP contribution is -2.68. The average molecular weight is 243 g/mol. The maximum absolute atomic E-state index is 11.5. The highest BCUT2D eigenvalue weighted by molar-refractivity contribution is 5.88. The van der Waals surface area contributed by atoms with Crippen LogP contribution in [0.25, 0.3) is 0 Å². The molecular formula is C10H17N3O4. The highest BCUT2D eigenvalue weighted by atomic mass is 16.4. The lowest BCUT2D eigenvalue weighted by molar-refractivity contribution is -0.438. The second-order valence-corrected chi connectivity index (χ2v) is 4.11. The molecule has 96 valence electrons. The van der Waals surface area contributed by atoms with E-state index in [9.17, 15) is 19.5 Å². The molecule has 1 rings (SSSR count). The fourth-order valence-electron chi connectivity index (χ4n) is 1.60. The number of aliphatic carboxylic acids is 1. The largest absolute Gasteiger partial charge is 0.544 e. The van der Waals surface area contributed by atoms with Crippen molar-refractivity contribution in [2.45, 2.75) is 37.8 Å². The van der Waals surface area contributed by atoms with Crippen molar-refractivity contribution in [2.75, 3.05) is 6.54 Å². The van der Waals surface area contributed by atoms with Crippen LogP contribution in [0, 0.1) is 0 Å². The summed E-state index contributed by atoms with van der Waals surface area (Å²) in [5.41, 5.74) is 3.35. The van der Waals surface area contributed by atoms with Crippen molar-refractivity contribution in [1.29, 1.82) is 0 Å². The topological polar surface area (TPSA) is 126 Å². The maximum Gasteiger partial charge on any atom is 0.242 e. The number of nitrogens with one attached hydrogen (secondary N) is 2. The monoisotopic (exact) mass is 243 g/mol. The van der Waals surface area contributed by atoms with Gasteiger partial charge in [-0.1, -0.05) is 0 Å². The molecule has 0 bridgehead atoms. The predicted octanol–water partition coefficient (Wildman–Crippen LogP) is -3.48. The second kappa shape index (κ2) is 6.19. The smallest absolute Gasteiger partial charge is 0.242 e. The molecule has 2 atom stereocenters. The lowest BCUT2D eigenvalue weighted by atomic mass is 10.1. The van der Waals surface area contributed by atoms with Crippen LogP contribution in [0.4, 0.5) is 0 Å². The molecular weight excluding hydrogens is 226 g/mol. The summed E-state index contributed by atoms with van der Waals surface area (Å²) in [5, 5.41) is 15.6. The minimum atomic E-state index is -1.27. The van der Waals surface area contributed by atoms with Gasteiger partial charge >= 0.3 is 0 Å². The van der Waals surface area contributed by atoms with E-state index in [0.717, 1.165) is 6.42 Å². The molecule has 2 amide bonds. The molecule has 0 unspecified atom stereocenters. The van der Waals surface area contributed by atoms with E-state index in [2.05, 4.69) is 16.4 Å². The molecule has 1 heterocycles. The van der Waals surface area contributed by atoms with E-state index in [-0.39, 0.29) is 24.7 Å². The first-order valence-corrected chi connectivity index (χ1v) is 5.61. The number of carbonyl (C=O) groups excluding carboxylic acids is 3. The zero-order valence-electron chi connectivity index (χ0n) is 9.53. The van der Waals surface area contributed by atoms with Crippen LogP contribution in [0.15, 0.2) is 0 Å². The van der Waals surface area contributed by atoms with E-state index < -0.39 is 18.1 Å². The Hall–Kier alpha value is -1.63. The number of hydrogen-bond acceptors (Lipinski definition) is 4. The fraction of sp³-hybridized carbons (Fsp3) is 0.700. The highest BCUT2D eigenvalue weighted by Crippen LogP contribution is 2.03. The summed E-state index contributed by atoms with van der Waals surface area (Å²) in [6.45, 7) is 0.636. The molecule has 0 radical (unpaired) electrons. The van der Waals surface area contributed by atoms with Crippen molar-refractivity contribution in [3.05, 3.63) is 0 Å². The van der Waals surface area contributed by atoms with E-state index in [1.807, 2.05) is 0 Å². The lowest BCUT2D eigenvalue weighted by Gasteiger charge is -2.22. The summed E-state index contributed by atoms with van der Waals surface area (Å²) in [7, 11) is 0.